The zero-order valence-electron chi connectivity index (χ0n) is 9.76. The molecule has 0 saturated heterocycles. The molecule has 0 saturated carbocycles. The third-order valence-corrected chi connectivity index (χ3v) is 2.64. The Hall–Kier alpha value is -1.91. The highest BCUT2D eigenvalue weighted by molar-refractivity contribution is 5.75. The Kier molecular flexibility index (Phi) is 3.37. The summed E-state index contributed by atoms with van der Waals surface area (Å²) in [5.74, 6) is 0.0375. The number of aliphatic carboxylic acids is 1. The highest BCUT2D eigenvalue weighted by atomic mass is 16.4. The molecular formula is C12H15N3O2. The molecule has 0 unspecified atom stereocenters. The van der Waals surface area contributed by atoms with E-state index in [-0.39, 0.29) is 6.42 Å². The molecule has 0 aliphatic carbocycles. The van der Waals surface area contributed by atoms with Crippen molar-refractivity contribution in [3.8, 4) is 0 Å². The van der Waals surface area contributed by atoms with Crippen LogP contribution in [-0.2, 0) is 17.8 Å². The van der Waals surface area contributed by atoms with Gasteiger partial charge in [0.15, 0.2) is 0 Å². The van der Waals surface area contributed by atoms with Gasteiger partial charge >= 0.3 is 5.97 Å². The van der Waals surface area contributed by atoms with Crippen LogP contribution < -0.4 is 0 Å². The van der Waals surface area contributed by atoms with Gasteiger partial charge in [0.2, 0.25) is 0 Å². The van der Waals surface area contributed by atoms with E-state index in [0.717, 1.165) is 29.8 Å². The number of aromatic nitrogens is 3. The van der Waals surface area contributed by atoms with Crippen LogP contribution >= 0.6 is 0 Å². The van der Waals surface area contributed by atoms with Crippen LogP contribution in [-0.4, -0.2) is 25.6 Å². The van der Waals surface area contributed by atoms with Crippen molar-refractivity contribution in [3.05, 3.63) is 24.3 Å². The first-order valence-electron chi connectivity index (χ1n) is 5.73. The van der Waals surface area contributed by atoms with Crippen LogP contribution in [0, 0.1) is 0 Å². The Morgan fingerprint density at radius 3 is 3.06 bits per heavy atom. The predicted octanol–water partition coefficient (Wildman–Crippen LogP) is 1.86. The summed E-state index contributed by atoms with van der Waals surface area (Å²) in [5.41, 5.74) is 1.86. The maximum Gasteiger partial charge on any atom is 0.303 e. The number of rotatable bonds is 5. The molecule has 0 spiro atoms. The van der Waals surface area contributed by atoms with Gasteiger partial charge in [-0.3, -0.25) is 9.78 Å². The van der Waals surface area contributed by atoms with Crippen LogP contribution in [0.2, 0.25) is 0 Å². The van der Waals surface area contributed by atoms with Crippen molar-refractivity contribution < 1.29 is 9.90 Å². The first-order valence-corrected chi connectivity index (χ1v) is 5.73. The zero-order chi connectivity index (χ0) is 12.3. The smallest absolute Gasteiger partial charge is 0.303 e. The lowest BCUT2D eigenvalue weighted by Crippen LogP contribution is -2.06. The quantitative estimate of drug-likeness (QED) is 0.855. The van der Waals surface area contributed by atoms with Gasteiger partial charge in [-0.25, -0.2) is 4.98 Å². The molecule has 0 atom stereocenters. The van der Waals surface area contributed by atoms with Crippen molar-refractivity contribution in [2.75, 3.05) is 0 Å². The average molecular weight is 233 g/mol. The summed E-state index contributed by atoms with van der Waals surface area (Å²) in [5, 5.41) is 8.72. The molecule has 0 fully saturated rings. The fraction of sp³-hybridized carbons (Fsp3) is 0.417. The van der Waals surface area contributed by atoms with E-state index in [0.29, 0.717) is 6.42 Å². The molecule has 0 bridgehead atoms. The van der Waals surface area contributed by atoms with Crippen molar-refractivity contribution in [2.45, 2.75) is 32.7 Å². The minimum atomic E-state index is -0.793. The van der Waals surface area contributed by atoms with Crippen molar-refractivity contribution >= 4 is 17.0 Å². The van der Waals surface area contributed by atoms with E-state index in [2.05, 4.69) is 21.5 Å². The SMILES string of the molecule is CCCn1c(CCC(=O)O)nc2cnccc21. The van der Waals surface area contributed by atoms with Crippen molar-refractivity contribution in [1.82, 2.24) is 14.5 Å². The molecule has 2 aromatic heterocycles. The highest BCUT2D eigenvalue weighted by Gasteiger charge is 2.11. The van der Waals surface area contributed by atoms with E-state index >= 15 is 0 Å². The number of hydrogen-bond acceptors (Lipinski definition) is 3. The third kappa shape index (κ3) is 2.43. The number of imidazole rings is 1. The second-order valence-electron chi connectivity index (χ2n) is 3.94. The molecule has 2 aromatic rings. The summed E-state index contributed by atoms with van der Waals surface area (Å²) in [4.78, 5) is 19.1. The van der Waals surface area contributed by atoms with Gasteiger partial charge in [-0.2, -0.15) is 0 Å². The molecule has 5 nitrogen and oxygen atoms in total. The van der Waals surface area contributed by atoms with Crippen molar-refractivity contribution in [2.24, 2.45) is 0 Å². The Labute approximate surface area is 99.1 Å². The molecule has 2 heterocycles. The molecule has 0 aliphatic heterocycles. The standard InChI is InChI=1S/C12H15N3O2/c1-2-7-15-10-5-6-13-8-9(10)14-11(15)3-4-12(16)17/h5-6,8H,2-4,7H2,1H3,(H,16,17). The van der Waals surface area contributed by atoms with E-state index in [1.54, 1.807) is 12.4 Å². The summed E-state index contributed by atoms with van der Waals surface area (Å²) in [6, 6.07) is 1.92. The number of carboxylic acids is 1. The number of aryl methyl sites for hydroxylation is 2. The minimum Gasteiger partial charge on any atom is -0.481 e. The summed E-state index contributed by atoms with van der Waals surface area (Å²) < 4.78 is 2.08. The molecule has 0 aromatic carbocycles. The largest absolute Gasteiger partial charge is 0.481 e. The maximum absolute atomic E-state index is 10.6. The van der Waals surface area contributed by atoms with Gasteiger partial charge in [-0.1, -0.05) is 6.92 Å². The van der Waals surface area contributed by atoms with E-state index in [4.69, 9.17) is 5.11 Å². The zero-order valence-corrected chi connectivity index (χ0v) is 9.76. The maximum atomic E-state index is 10.6. The normalized spacial score (nSPS) is 10.9. The van der Waals surface area contributed by atoms with Crippen LogP contribution in [0.15, 0.2) is 18.5 Å². The van der Waals surface area contributed by atoms with E-state index in [9.17, 15) is 4.79 Å². The Balaban J connectivity index is 2.38. The van der Waals surface area contributed by atoms with Crippen LogP contribution in [0.25, 0.3) is 11.0 Å². The molecule has 5 heteroatoms. The van der Waals surface area contributed by atoms with Crippen LogP contribution in [0.3, 0.4) is 0 Å². The fourth-order valence-corrected chi connectivity index (χ4v) is 1.91. The summed E-state index contributed by atoms with van der Waals surface area (Å²) in [7, 11) is 0. The monoisotopic (exact) mass is 233 g/mol. The second kappa shape index (κ2) is 4.95. The number of hydrogen-bond donors (Lipinski definition) is 1. The third-order valence-electron chi connectivity index (χ3n) is 2.64. The summed E-state index contributed by atoms with van der Waals surface area (Å²) >= 11 is 0. The van der Waals surface area contributed by atoms with E-state index < -0.39 is 5.97 Å². The number of carbonyl (C=O) groups is 1. The van der Waals surface area contributed by atoms with Gasteiger partial charge in [0.05, 0.1) is 18.1 Å². The van der Waals surface area contributed by atoms with E-state index in [1.165, 1.54) is 0 Å². The highest BCUT2D eigenvalue weighted by Crippen LogP contribution is 2.16. The number of carboxylic acid groups (broad SMARTS) is 1. The molecule has 2 rings (SSSR count). The number of fused-ring (bicyclic) bond motifs is 1. The Bertz CT molecular complexity index is 534. The van der Waals surface area contributed by atoms with Gasteiger partial charge < -0.3 is 9.67 Å². The summed E-state index contributed by atoms with van der Waals surface area (Å²) in [6.07, 6.45) is 5.02. The fourth-order valence-electron chi connectivity index (χ4n) is 1.91. The van der Waals surface area contributed by atoms with Gasteiger partial charge in [0.1, 0.15) is 11.3 Å². The van der Waals surface area contributed by atoms with Gasteiger partial charge in [0, 0.05) is 19.2 Å². The predicted molar refractivity (Wildman–Crippen MR) is 63.8 cm³/mol. The first-order chi connectivity index (χ1) is 8.22. The molecule has 0 amide bonds. The lowest BCUT2D eigenvalue weighted by molar-refractivity contribution is -0.137. The molecule has 0 radical (unpaired) electrons. The lowest BCUT2D eigenvalue weighted by atomic mass is 10.3. The average Bonchev–Trinajstić information content (AvgIpc) is 2.66. The lowest BCUT2D eigenvalue weighted by Gasteiger charge is -2.06. The molecular weight excluding hydrogens is 218 g/mol. The van der Waals surface area contributed by atoms with Crippen LogP contribution in [0.4, 0.5) is 0 Å². The Morgan fingerprint density at radius 2 is 2.35 bits per heavy atom. The van der Waals surface area contributed by atoms with Crippen molar-refractivity contribution in [3.63, 3.8) is 0 Å². The summed E-state index contributed by atoms with van der Waals surface area (Å²) in [6.45, 7) is 2.95. The first kappa shape index (κ1) is 11.6. The number of pyridine rings is 1. The molecule has 90 valence electrons. The topological polar surface area (TPSA) is 68.0 Å². The second-order valence-corrected chi connectivity index (χ2v) is 3.94. The minimum absolute atomic E-state index is 0.112. The Morgan fingerprint density at radius 1 is 1.53 bits per heavy atom. The van der Waals surface area contributed by atoms with Crippen LogP contribution in [0.1, 0.15) is 25.6 Å². The number of nitrogens with zero attached hydrogens (tertiary/aromatic N) is 3. The molecule has 17 heavy (non-hydrogen) atoms. The van der Waals surface area contributed by atoms with Gasteiger partial charge in [-0.05, 0) is 12.5 Å². The van der Waals surface area contributed by atoms with E-state index in [1.807, 2.05) is 6.07 Å². The molecule has 0 aliphatic rings. The van der Waals surface area contributed by atoms with Crippen molar-refractivity contribution in [1.29, 1.82) is 0 Å². The van der Waals surface area contributed by atoms with Gasteiger partial charge in [0.25, 0.3) is 0 Å². The van der Waals surface area contributed by atoms with Crippen LogP contribution in [0.5, 0.6) is 0 Å². The molecule has 1 N–H and O–H groups in total. The van der Waals surface area contributed by atoms with Gasteiger partial charge in [-0.15, -0.1) is 0 Å².